The third kappa shape index (κ3) is 5.67. The van der Waals surface area contributed by atoms with Gasteiger partial charge in [-0.05, 0) is 50.5 Å². The molecule has 1 heterocycles. The summed E-state index contributed by atoms with van der Waals surface area (Å²) in [5, 5.41) is 5.48. The maximum Gasteiger partial charge on any atom is 0.255 e. The molecular formula is C19H24N2O4. The first kappa shape index (κ1) is 18.6. The maximum atomic E-state index is 11.9. The van der Waals surface area contributed by atoms with Crippen LogP contribution in [0.1, 0.15) is 35.0 Å². The molecule has 0 aliphatic heterocycles. The zero-order valence-corrected chi connectivity index (χ0v) is 14.8. The molecule has 2 rings (SSSR count). The fourth-order valence-corrected chi connectivity index (χ4v) is 2.45. The normalized spacial score (nSPS) is 11.6. The van der Waals surface area contributed by atoms with E-state index in [1.54, 1.807) is 20.1 Å². The fraction of sp³-hybridized carbons (Fsp3) is 0.368. The molecule has 0 aliphatic rings. The Labute approximate surface area is 147 Å². The van der Waals surface area contributed by atoms with Crippen molar-refractivity contribution >= 4 is 11.8 Å². The van der Waals surface area contributed by atoms with E-state index in [0.717, 1.165) is 18.6 Å². The highest BCUT2D eigenvalue weighted by Gasteiger charge is 2.13. The molecule has 25 heavy (non-hydrogen) atoms. The molecule has 2 aromatic rings. The first-order valence-corrected chi connectivity index (χ1v) is 8.24. The Morgan fingerprint density at radius 2 is 1.92 bits per heavy atom. The van der Waals surface area contributed by atoms with E-state index in [9.17, 15) is 9.59 Å². The summed E-state index contributed by atoms with van der Waals surface area (Å²) < 4.78 is 10.2. The lowest BCUT2D eigenvalue weighted by molar-refractivity contribution is -0.120. The number of hydrogen-bond acceptors (Lipinski definition) is 4. The van der Waals surface area contributed by atoms with E-state index in [1.165, 1.54) is 11.8 Å². The number of carbonyl (C=O) groups is 2. The molecule has 0 aliphatic carbocycles. The summed E-state index contributed by atoms with van der Waals surface area (Å²) >= 11 is 0. The number of benzene rings is 1. The number of amides is 2. The quantitative estimate of drug-likeness (QED) is 0.771. The second kappa shape index (κ2) is 8.92. The van der Waals surface area contributed by atoms with Gasteiger partial charge in [-0.2, -0.15) is 0 Å². The van der Waals surface area contributed by atoms with E-state index >= 15 is 0 Å². The third-order valence-corrected chi connectivity index (χ3v) is 3.95. The van der Waals surface area contributed by atoms with Gasteiger partial charge in [-0.1, -0.05) is 12.1 Å². The Morgan fingerprint density at radius 1 is 1.20 bits per heavy atom. The molecule has 0 spiro atoms. The molecule has 6 nitrogen and oxygen atoms in total. The molecule has 1 aromatic heterocycles. The van der Waals surface area contributed by atoms with E-state index in [2.05, 4.69) is 10.6 Å². The first-order chi connectivity index (χ1) is 12.0. The summed E-state index contributed by atoms with van der Waals surface area (Å²) in [7, 11) is 1.64. The maximum absolute atomic E-state index is 11.9. The summed E-state index contributed by atoms with van der Waals surface area (Å²) in [5.74, 6) is 0.837. The van der Waals surface area contributed by atoms with Crippen LogP contribution in [0.4, 0.5) is 0 Å². The van der Waals surface area contributed by atoms with E-state index < -0.39 is 0 Å². The molecule has 6 heteroatoms. The Balaban J connectivity index is 1.70. The van der Waals surface area contributed by atoms with Crippen LogP contribution in [0.3, 0.4) is 0 Å². The third-order valence-electron chi connectivity index (χ3n) is 3.95. The number of ether oxygens (including phenoxy) is 1. The van der Waals surface area contributed by atoms with Gasteiger partial charge in [0, 0.05) is 6.04 Å². The summed E-state index contributed by atoms with van der Waals surface area (Å²) in [5.41, 5.74) is 1.63. The van der Waals surface area contributed by atoms with Crippen molar-refractivity contribution in [3.63, 3.8) is 0 Å². The zero-order chi connectivity index (χ0) is 18.2. The minimum absolute atomic E-state index is 0.0159. The molecule has 0 unspecified atom stereocenters. The minimum Gasteiger partial charge on any atom is -0.497 e. The fourth-order valence-electron chi connectivity index (χ4n) is 2.45. The number of furan rings is 1. The van der Waals surface area contributed by atoms with Crippen LogP contribution in [0.2, 0.25) is 0 Å². The predicted octanol–water partition coefficient (Wildman–Crippen LogP) is 2.46. The van der Waals surface area contributed by atoms with Crippen molar-refractivity contribution in [1.82, 2.24) is 10.6 Å². The van der Waals surface area contributed by atoms with Gasteiger partial charge in [0.25, 0.3) is 5.91 Å². The Morgan fingerprint density at radius 3 is 2.52 bits per heavy atom. The number of carbonyl (C=O) groups excluding carboxylic acids is 2. The second-order valence-electron chi connectivity index (χ2n) is 5.93. The van der Waals surface area contributed by atoms with Gasteiger partial charge in [0.15, 0.2) is 0 Å². The Bertz CT molecular complexity index is 706. The summed E-state index contributed by atoms with van der Waals surface area (Å²) in [4.78, 5) is 23.9. The largest absolute Gasteiger partial charge is 0.497 e. The summed E-state index contributed by atoms with van der Waals surface area (Å²) in [6.07, 6.45) is 3.12. The van der Waals surface area contributed by atoms with Crippen molar-refractivity contribution in [3.8, 4) is 5.75 Å². The first-order valence-electron chi connectivity index (χ1n) is 8.24. The lowest BCUT2D eigenvalue weighted by Gasteiger charge is -2.14. The molecule has 0 fully saturated rings. The molecule has 2 N–H and O–H groups in total. The van der Waals surface area contributed by atoms with E-state index in [4.69, 9.17) is 9.15 Å². The minimum atomic E-state index is -0.313. The lowest BCUT2D eigenvalue weighted by atomic mass is 10.1. The smallest absolute Gasteiger partial charge is 0.255 e. The molecule has 134 valence electrons. The van der Waals surface area contributed by atoms with E-state index in [0.29, 0.717) is 11.3 Å². The van der Waals surface area contributed by atoms with Crippen molar-refractivity contribution in [3.05, 3.63) is 53.5 Å². The van der Waals surface area contributed by atoms with Gasteiger partial charge in [0.2, 0.25) is 5.91 Å². The van der Waals surface area contributed by atoms with Crippen LogP contribution >= 0.6 is 0 Å². The molecule has 0 saturated heterocycles. The monoisotopic (exact) mass is 344 g/mol. The van der Waals surface area contributed by atoms with Gasteiger partial charge in [0.1, 0.15) is 11.5 Å². The van der Waals surface area contributed by atoms with Crippen molar-refractivity contribution in [1.29, 1.82) is 0 Å². The summed E-state index contributed by atoms with van der Waals surface area (Å²) in [6.45, 7) is 3.59. The van der Waals surface area contributed by atoms with Gasteiger partial charge < -0.3 is 19.8 Å². The van der Waals surface area contributed by atoms with Gasteiger partial charge in [0.05, 0.1) is 25.5 Å². The molecule has 2 amide bonds. The molecule has 1 aromatic carbocycles. The van der Waals surface area contributed by atoms with Crippen LogP contribution in [0, 0.1) is 6.92 Å². The van der Waals surface area contributed by atoms with Gasteiger partial charge in [-0.25, -0.2) is 0 Å². The van der Waals surface area contributed by atoms with Crippen LogP contribution in [-0.2, 0) is 11.2 Å². The van der Waals surface area contributed by atoms with E-state index in [-0.39, 0.29) is 24.4 Å². The van der Waals surface area contributed by atoms with Crippen LogP contribution in [0.25, 0.3) is 0 Å². The highest BCUT2D eigenvalue weighted by atomic mass is 16.5. The van der Waals surface area contributed by atoms with Gasteiger partial charge in [-0.3, -0.25) is 9.59 Å². The van der Waals surface area contributed by atoms with Crippen molar-refractivity contribution in [2.24, 2.45) is 0 Å². The van der Waals surface area contributed by atoms with E-state index in [1.807, 2.05) is 31.2 Å². The van der Waals surface area contributed by atoms with Crippen molar-refractivity contribution in [2.75, 3.05) is 13.7 Å². The number of aryl methyl sites for hydroxylation is 2. The average Bonchev–Trinajstić information content (AvgIpc) is 3.04. The molecule has 0 saturated carbocycles. The molecule has 0 radical (unpaired) electrons. The number of rotatable bonds is 8. The Kier molecular flexibility index (Phi) is 6.62. The number of nitrogens with one attached hydrogen (secondary N) is 2. The van der Waals surface area contributed by atoms with Gasteiger partial charge >= 0.3 is 0 Å². The van der Waals surface area contributed by atoms with Crippen LogP contribution in [0.5, 0.6) is 5.75 Å². The van der Waals surface area contributed by atoms with Crippen LogP contribution in [-0.4, -0.2) is 31.5 Å². The summed E-state index contributed by atoms with van der Waals surface area (Å²) in [6, 6.07) is 9.47. The highest BCUT2D eigenvalue weighted by molar-refractivity contribution is 5.97. The second-order valence-corrected chi connectivity index (χ2v) is 5.93. The highest BCUT2D eigenvalue weighted by Crippen LogP contribution is 2.13. The predicted molar refractivity (Wildman–Crippen MR) is 94.7 cm³/mol. The van der Waals surface area contributed by atoms with Gasteiger partial charge in [-0.15, -0.1) is 0 Å². The topological polar surface area (TPSA) is 80.6 Å². The Hall–Kier alpha value is -2.76. The molecule has 1 atom stereocenters. The average molecular weight is 344 g/mol. The van der Waals surface area contributed by atoms with Crippen LogP contribution in [0.15, 0.2) is 41.0 Å². The van der Waals surface area contributed by atoms with Crippen molar-refractivity contribution in [2.45, 2.75) is 32.7 Å². The molecule has 0 bridgehead atoms. The zero-order valence-electron chi connectivity index (χ0n) is 14.8. The SMILES string of the molecule is COc1ccc(CC[C@H](C)NC(=O)CNC(=O)c2ccoc2C)cc1. The molecular weight excluding hydrogens is 320 g/mol. The lowest BCUT2D eigenvalue weighted by Crippen LogP contribution is -2.41. The number of methoxy groups -OCH3 is 1. The van der Waals surface area contributed by atoms with Crippen molar-refractivity contribution < 1.29 is 18.7 Å². The van der Waals surface area contributed by atoms with Crippen LogP contribution < -0.4 is 15.4 Å². The number of hydrogen-bond donors (Lipinski definition) is 2. The standard InChI is InChI=1S/C19H24N2O4/c1-13(4-5-15-6-8-16(24-3)9-7-15)21-18(22)12-20-19(23)17-10-11-25-14(17)2/h6-11,13H,4-5,12H2,1-3H3,(H,20,23)(H,21,22)/t13-/m0/s1.